The van der Waals surface area contributed by atoms with Crippen molar-refractivity contribution in [2.24, 2.45) is 0 Å². The monoisotopic (exact) mass is 189 g/mol. The molecule has 0 spiro atoms. The fourth-order valence-electron chi connectivity index (χ4n) is 0.694. The molecule has 2 unspecified atom stereocenters. The van der Waals surface area contributed by atoms with Crippen LogP contribution in [0.3, 0.4) is 0 Å². The van der Waals surface area contributed by atoms with Gasteiger partial charge in [0.15, 0.2) is 5.75 Å². The molecule has 1 aromatic heterocycles. The SMILES string of the molecule is [2H]C(F)C([2H])Oc1cnc(N)nc1OC. The van der Waals surface area contributed by atoms with E-state index >= 15 is 0 Å². The number of nitrogen functional groups attached to an aromatic ring is 1. The highest BCUT2D eigenvalue weighted by Crippen LogP contribution is 2.23. The van der Waals surface area contributed by atoms with Crippen LogP contribution < -0.4 is 15.2 Å². The van der Waals surface area contributed by atoms with Gasteiger partial charge >= 0.3 is 0 Å². The van der Waals surface area contributed by atoms with Crippen LogP contribution in [-0.4, -0.2) is 30.3 Å². The van der Waals surface area contributed by atoms with Gasteiger partial charge in [-0.15, -0.1) is 0 Å². The quantitative estimate of drug-likeness (QED) is 0.743. The van der Waals surface area contributed by atoms with E-state index in [9.17, 15) is 4.39 Å². The zero-order valence-electron chi connectivity index (χ0n) is 8.90. The van der Waals surface area contributed by atoms with Gasteiger partial charge in [0.05, 0.1) is 16.0 Å². The summed E-state index contributed by atoms with van der Waals surface area (Å²) in [6.07, 6.45) is 1.16. The van der Waals surface area contributed by atoms with E-state index in [4.69, 9.17) is 17.9 Å². The number of hydrogen-bond donors (Lipinski definition) is 1. The van der Waals surface area contributed by atoms with E-state index in [1.54, 1.807) is 0 Å². The van der Waals surface area contributed by atoms with Crippen LogP contribution in [0.1, 0.15) is 2.74 Å². The minimum atomic E-state index is -2.17. The molecule has 0 amide bonds. The zero-order valence-corrected chi connectivity index (χ0v) is 6.90. The second-order valence-corrected chi connectivity index (χ2v) is 1.98. The van der Waals surface area contributed by atoms with Crippen molar-refractivity contribution < 1.29 is 16.6 Å². The van der Waals surface area contributed by atoms with Crippen LogP contribution in [-0.2, 0) is 0 Å². The van der Waals surface area contributed by atoms with Crippen molar-refractivity contribution in [2.45, 2.75) is 0 Å². The van der Waals surface area contributed by atoms with Crippen LogP contribution in [0.5, 0.6) is 11.6 Å². The molecule has 0 aliphatic rings. The normalized spacial score (nSPS) is 16.8. The molecule has 72 valence electrons. The number of anilines is 1. The summed E-state index contributed by atoms with van der Waals surface area (Å²) in [5.74, 6) is -0.0506. The molecule has 0 saturated heterocycles. The molecule has 6 heteroatoms. The van der Waals surface area contributed by atoms with E-state index in [2.05, 4.69) is 9.97 Å². The summed E-state index contributed by atoms with van der Waals surface area (Å²) < 4.78 is 35.6. The average Bonchev–Trinajstić information content (AvgIpc) is 2.20. The van der Waals surface area contributed by atoms with Gasteiger partial charge in [-0.1, -0.05) is 0 Å². The summed E-state index contributed by atoms with van der Waals surface area (Å²) in [6, 6.07) is 0. The number of methoxy groups -OCH3 is 1. The summed E-state index contributed by atoms with van der Waals surface area (Å²) in [6.45, 7) is -3.85. The van der Waals surface area contributed by atoms with E-state index in [1.165, 1.54) is 7.11 Å². The molecule has 0 saturated carbocycles. The third-order valence-electron chi connectivity index (χ3n) is 1.18. The molecule has 1 heterocycles. The van der Waals surface area contributed by atoms with Crippen molar-refractivity contribution in [1.82, 2.24) is 9.97 Å². The molecule has 5 nitrogen and oxygen atoms in total. The van der Waals surface area contributed by atoms with Gasteiger partial charge in [0.2, 0.25) is 5.95 Å². The first-order chi connectivity index (χ1) is 7.04. The van der Waals surface area contributed by atoms with Crippen molar-refractivity contribution in [3.63, 3.8) is 0 Å². The lowest BCUT2D eigenvalue weighted by molar-refractivity contribution is 0.256. The summed E-state index contributed by atoms with van der Waals surface area (Å²) in [5, 5.41) is 0. The predicted octanol–water partition coefficient (Wildman–Crippen LogP) is 0.416. The maximum Gasteiger partial charge on any atom is 0.261 e. The van der Waals surface area contributed by atoms with Gasteiger partial charge in [0.25, 0.3) is 5.88 Å². The minimum Gasteiger partial charge on any atom is -0.484 e. The fraction of sp³-hybridized carbons (Fsp3) is 0.429. The van der Waals surface area contributed by atoms with Crippen LogP contribution >= 0.6 is 0 Å². The van der Waals surface area contributed by atoms with Gasteiger partial charge in [0.1, 0.15) is 13.2 Å². The second kappa shape index (κ2) is 4.44. The minimum absolute atomic E-state index is 0.000370. The maximum atomic E-state index is 12.3. The Bertz CT molecular complexity index is 340. The van der Waals surface area contributed by atoms with Gasteiger partial charge in [0, 0.05) is 0 Å². The molecule has 1 rings (SSSR count). The lowest BCUT2D eigenvalue weighted by Gasteiger charge is -2.07. The topological polar surface area (TPSA) is 70.3 Å². The number of hydrogen-bond acceptors (Lipinski definition) is 5. The Labute approximate surface area is 77.5 Å². The lowest BCUT2D eigenvalue weighted by atomic mass is 10.5. The molecule has 13 heavy (non-hydrogen) atoms. The Morgan fingerprint density at radius 2 is 2.54 bits per heavy atom. The van der Waals surface area contributed by atoms with Crippen LogP contribution in [0.25, 0.3) is 0 Å². The van der Waals surface area contributed by atoms with Gasteiger partial charge in [-0.3, -0.25) is 0 Å². The maximum absolute atomic E-state index is 12.3. The summed E-state index contributed by atoms with van der Waals surface area (Å²) in [5.41, 5.74) is 5.28. The highest BCUT2D eigenvalue weighted by atomic mass is 19.1. The van der Waals surface area contributed by atoms with Crippen LogP contribution in [0.2, 0.25) is 0 Å². The highest BCUT2D eigenvalue weighted by Gasteiger charge is 2.06. The molecule has 0 radical (unpaired) electrons. The van der Waals surface area contributed by atoms with E-state index in [0.717, 1.165) is 6.20 Å². The molecular weight excluding hydrogens is 177 g/mol. The average molecular weight is 189 g/mol. The highest BCUT2D eigenvalue weighted by molar-refractivity contribution is 5.35. The van der Waals surface area contributed by atoms with Gasteiger partial charge in [-0.2, -0.15) is 4.98 Å². The van der Waals surface area contributed by atoms with Crippen LogP contribution in [0.4, 0.5) is 10.3 Å². The Morgan fingerprint density at radius 3 is 3.15 bits per heavy atom. The van der Waals surface area contributed by atoms with Crippen molar-refractivity contribution in [2.75, 3.05) is 26.1 Å². The molecule has 2 atom stereocenters. The fourth-order valence-corrected chi connectivity index (χ4v) is 0.694. The molecular formula is C7H10FN3O2. The van der Waals surface area contributed by atoms with Crippen molar-refractivity contribution >= 4 is 5.95 Å². The third-order valence-corrected chi connectivity index (χ3v) is 1.18. The standard InChI is InChI=1S/C7H10FN3O2/c1-12-6-5(13-3-2-8)4-10-7(9)11-6/h4H,2-3H2,1H3,(H2,9,10,11)/i2D,3D. The number of rotatable bonds is 4. The molecule has 0 bridgehead atoms. The molecule has 2 N–H and O–H groups in total. The van der Waals surface area contributed by atoms with E-state index < -0.39 is 13.2 Å². The van der Waals surface area contributed by atoms with Crippen LogP contribution in [0.15, 0.2) is 6.20 Å². The van der Waals surface area contributed by atoms with E-state index in [-0.39, 0.29) is 17.6 Å². The first-order valence-electron chi connectivity index (χ1n) is 4.51. The number of aromatic nitrogens is 2. The number of nitrogens with zero attached hydrogens (tertiary/aromatic N) is 2. The Hall–Kier alpha value is -1.59. The van der Waals surface area contributed by atoms with Gasteiger partial charge in [-0.25, -0.2) is 9.37 Å². The van der Waals surface area contributed by atoms with E-state index in [1.807, 2.05) is 0 Å². The molecule has 0 aliphatic carbocycles. The largest absolute Gasteiger partial charge is 0.484 e. The Morgan fingerprint density at radius 1 is 1.77 bits per heavy atom. The lowest BCUT2D eigenvalue weighted by Crippen LogP contribution is -2.04. The Kier molecular flexibility index (Phi) is 2.35. The van der Waals surface area contributed by atoms with E-state index in [0.29, 0.717) is 0 Å². The Balaban J connectivity index is 2.84. The predicted molar refractivity (Wildman–Crippen MR) is 44.5 cm³/mol. The smallest absolute Gasteiger partial charge is 0.261 e. The van der Waals surface area contributed by atoms with Crippen molar-refractivity contribution in [1.29, 1.82) is 0 Å². The first-order valence-corrected chi connectivity index (χ1v) is 3.36. The molecule has 0 aromatic carbocycles. The number of ether oxygens (including phenoxy) is 2. The second-order valence-electron chi connectivity index (χ2n) is 1.98. The number of halogens is 1. The summed E-state index contributed by atoms with van der Waals surface area (Å²) in [4.78, 5) is 7.25. The van der Waals surface area contributed by atoms with Crippen molar-refractivity contribution in [3.05, 3.63) is 6.20 Å². The molecule has 0 fully saturated rings. The van der Waals surface area contributed by atoms with Crippen LogP contribution in [0, 0.1) is 0 Å². The van der Waals surface area contributed by atoms with Gasteiger partial charge < -0.3 is 15.2 Å². The molecule has 1 aromatic rings. The molecule has 0 aliphatic heterocycles. The number of alkyl halides is 1. The van der Waals surface area contributed by atoms with Crippen molar-refractivity contribution in [3.8, 4) is 11.6 Å². The van der Waals surface area contributed by atoms with Gasteiger partial charge in [-0.05, 0) is 0 Å². The summed E-state index contributed by atoms with van der Waals surface area (Å²) in [7, 11) is 1.32. The zero-order chi connectivity index (χ0) is 11.4. The first kappa shape index (κ1) is 6.88. The summed E-state index contributed by atoms with van der Waals surface area (Å²) >= 11 is 0. The number of nitrogens with two attached hydrogens (primary N) is 1. The third kappa shape index (κ3) is 2.43.